The van der Waals surface area contributed by atoms with Crippen molar-refractivity contribution in [1.29, 1.82) is 0 Å². The zero-order valence-electron chi connectivity index (χ0n) is 17.1. The first-order valence-corrected chi connectivity index (χ1v) is 9.37. The molecule has 1 unspecified atom stereocenters. The average Bonchev–Trinajstić information content (AvgIpc) is 2.62. The molecule has 0 aliphatic heterocycles. The number of nitrogens with zero attached hydrogens (tertiary/aromatic N) is 3. The molecule has 0 heterocycles. The predicted molar refractivity (Wildman–Crippen MR) is 111 cm³/mol. The number of nitrogens with one attached hydrogen (secondary N) is 1. The maximum Gasteiger partial charge on any atom is 0.119 e. The summed E-state index contributed by atoms with van der Waals surface area (Å²) in [5.41, 5.74) is 7.42. The van der Waals surface area contributed by atoms with Gasteiger partial charge in [-0.25, -0.2) is 0 Å². The Bertz CT molecular complexity index is 587. The summed E-state index contributed by atoms with van der Waals surface area (Å²) in [5.74, 6) is 0.738. The van der Waals surface area contributed by atoms with Crippen LogP contribution in [-0.2, 0) is 0 Å². The zero-order valence-corrected chi connectivity index (χ0v) is 17.1. The maximum absolute atomic E-state index is 8.80. The Hall–Kier alpha value is -2.12. The lowest BCUT2D eigenvalue weighted by Crippen LogP contribution is -2.27. The summed E-state index contributed by atoms with van der Waals surface area (Å²) in [6.45, 7) is 11.8. The first-order valence-electron chi connectivity index (χ1n) is 9.37. The Labute approximate surface area is 163 Å². The Kier molecular flexibility index (Phi) is 9.82. The summed E-state index contributed by atoms with van der Waals surface area (Å²) < 4.78 is 5.38. The Morgan fingerprint density at radius 2 is 2.04 bits per heavy atom. The molecule has 0 radical (unpaired) electrons. The van der Waals surface area contributed by atoms with Crippen molar-refractivity contribution in [3.05, 3.63) is 36.4 Å². The van der Waals surface area contributed by atoms with Gasteiger partial charge in [0.15, 0.2) is 0 Å². The largest absolute Gasteiger partial charge is 0.491 e. The lowest BCUT2D eigenvalue weighted by atomic mass is 10.0. The number of aliphatic hydroxyl groups is 1. The van der Waals surface area contributed by atoms with Crippen molar-refractivity contribution in [3.8, 4) is 5.75 Å². The maximum atomic E-state index is 8.80. The minimum absolute atomic E-state index is 0.00595. The molecule has 0 saturated heterocycles. The van der Waals surface area contributed by atoms with E-state index in [4.69, 9.17) is 15.6 Å². The molecule has 0 aliphatic carbocycles. The fraction of sp³-hybridized carbons (Fsp3) is 0.600. The highest BCUT2D eigenvalue weighted by Gasteiger charge is 2.16. The third kappa shape index (κ3) is 9.40. The first kappa shape index (κ1) is 22.9. The number of ether oxygens (including phenoxy) is 1. The molecule has 1 aromatic carbocycles. The van der Waals surface area contributed by atoms with E-state index in [1.165, 1.54) is 0 Å². The Morgan fingerprint density at radius 3 is 2.59 bits per heavy atom. The minimum atomic E-state index is -0.241. The second-order valence-electron chi connectivity index (χ2n) is 7.35. The molecule has 152 valence electrons. The van der Waals surface area contributed by atoms with E-state index < -0.39 is 0 Å². The van der Waals surface area contributed by atoms with Gasteiger partial charge in [-0.05, 0) is 64.4 Å². The van der Waals surface area contributed by atoms with Crippen molar-refractivity contribution in [2.45, 2.75) is 45.2 Å². The molecule has 1 aromatic rings. The van der Waals surface area contributed by atoms with Crippen LogP contribution in [0.5, 0.6) is 5.75 Å². The highest BCUT2D eigenvalue weighted by atomic mass is 16.5. The van der Waals surface area contributed by atoms with Gasteiger partial charge in [-0.15, -0.1) is 0 Å². The zero-order chi connectivity index (χ0) is 20.3. The van der Waals surface area contributed by atoms with E-state index in [1.807, 2.05) is 57.1 Å². The van der Waals surface area contributed by atoms with E-state index in [9.17, 15) is 0 Å². The summed E-state index contributed by atoms with van der Waals surface area (Å²) >= 11 is 0. The van der Waals surface area contributed by atoms with Gasteiger partial charge in [0.05, 0.1) is 12.1 Å². The van der Waals surface area contributed by atoms with Gasteiger partial charge in [-0.1, -0.05) is 17.4 Å². The molecule has 0 bridgehead atoms. The van der Waals surface area contributed by atoms with Crippen LogP contribution >= 0.6 is 0 Å². The minimum Gasteiger partial charge on any atom is -0.491 e. The SMILES string of the molecule is C=C(C)C(CCN(C)N=NC(C)(C)CCN)Nc1ccc(OCCO)cc1. The van der Waals surface area contributed by atoms with E-state index in [-0.39, 0.29) is 18.2 Å². The number of nitrogens with two attached hydrogens (primary N) is 1. The van der Waals surface area contributed by atoms with Gasteiger partial charge >= 0.3 is 0 Å². The van der Waals surface area contributed by atoms with Gasteiger partial charge in [0, 0.05) is 25.3 Å². The molecule has 0 amide bonds. The summed E-state index contributed by atoms with van der Waals surface area (Å²) in [7, 11) is 1.92. The molecule has 0 spiro atoms. The van der Waals surface area contributed by atoms with E-state index >= 15 is 0 Å². The van der Waals surface area contributed by atoms with Crippen LogP contribution in [0.25, 0.3) is 0 Å². The lowest BCUT2D eigenvalue weighted by Gasteiger charge is -2.23. The highest BCUT2D eigenvalue weighted by molar-refractivity contribution is 5.48. The van der Waals surface area contributed by atoms with Crippen molar-refractivity contribution in [2.24, 2.45) is 16.1 Å². The molecular weight excluding hydrogens is 342 g/mol. The van der Waals surface area contributed by atoms with Crippen molar-refractivity contribution in [1.82, 2.24) is 5.01 Å². The van der Waals surface area contributed by atoms with Gasteiger partial charge in [0.1, 0.15) is 12.4 Å². The van der Waals surface area contributed by atoms with Crippen molar-refractivity contribution in [2.75, 3.05) is 38.7 Å². The third-order valence-electron chi connectivity index (χ3n) is 4.12. The van der Waals surface area contributed by atoms with Crippen molar-refractivity contribution < 1.29 is 9.84 Å². The molecule has 0 aliphatic rings. The quantitative estimate of drug-likeness (QED) is 0.279. The summed E-state index contributed by atoms with van der Waals surface area (Å²) in [5, 5.41) is 22.8. The fourth-order valence-corrected chi connectivity index (χ4v) is 2.42. The highest BCUT2D eigenvalue weighted by Crippen LogP contribution is 2.19. The smallest absolute Gasteiger partial charge is 0.119 e. The monoisotopic (exact) mass is 377 g/mol. The van der Waals surface area contributed by atoms with Crippen molar-refractivity contribution >= 4 is 5.69 Å². The van der Waals surface area contributed by atoms with Gasteiger partial charge in [0.25, 0.3) is 0 Å². The van der Waals surface area contributed by atoms with E-state index in [2.05, 4.69) is 22.2 Å². The Balaban J connectivity index is 2.56. The molecule has 0 saturated carbocycles. The van der Waals surface area contributed by atoms with E-state index in [0.29, 0.717) is 13.2 Å². The molecule has 4 N–H and O–H groups in total. The van der Waals surface area contributed by atoms with Gasteiger partial charge in [-0.2, -0.15) is 5.11 Å². The van der Waals surface area contributed by atoms with Crippen LogP contribution in [0.2, 0.25) is 0 Å². The number of hydrogen-bond donors (Lipinski definition) is 3. The van der Waals surface area contributed by atoms with Crippen LogP contribution in [0.1, 0.15) is 33.6 Å². The molecule has 0 aromatic heterocycles. The lowest BCUT2D eigenvalue weighted by molar-refractivity contribution is 0.201. The number of aliphatic hydroxyl groups excluding tert-OH is 1. The molecular formula is C20H35N5O2. The standard InChI is InChI=1S/C20H35N5O2/c1-16(2)19(10-13-25(5)24-23-20(3,4)11-12-21)22-17-6-8-18(9-7-17)27-15-14-26/h6-9,19,22,26H,1,10-15,21H2,2-5H3. The van der Waals surface area contributed by atoms with Gasteiger partial charge in [-0.3, -0.25) is 5.01 Å². The normalized spacial score (nSPS) is 12.8. The first-order chi connectivity index (χ1) is 12.8. The van der Waals surface area contributed by atoms with Crippen LogP contribution in [0, 0.1) is 0 Å². The predicted octanol–water partition coefficient (Wildman–Crippen LogP) is 3.23. The topological polar surface area (TPSA) is 95.5 Å². The molecule has 1 rings (SSSR count). The Morgan fingerprint density at radius 1 is 1.37 bits per heavy atom. The third-order valence-corrected chi connectivity index (χ3v) is 4.12. The van der Waals surface area contributed by atoms with Crippen LogP contribution in [0.3, 0.4) is 0 Å². The average molecular weight is 378 g/mol. The number of rotatable bonds is 13. The van der Waals surface area contributed by atoms with Crippen LogP contribution in [-0.4, -0.2) is 55.0 Å². The molecule has 7 nitrogen and oxygen atoms in total. The van der Waals surface area contributed by atoms with Crippen molar-refractivity contribution in [3.63, 3.8) is 0 Å². The second kappa shape index (κ2) is 11.6. The molecule has 27 heavy (non-hydrogen) atoms. The summed E-state index contributed by atoms with van der Waals surface area (Å²) in [6, 6.07) is 7.81. The summed E-state index contributed by atoms with van der Waals surface area (Å²) in [6.07, 6.45) is 1.66. The molecule has 1 atom stereocenters. The van der Waals surface area contributed by atoms with Gasteiger partial charge in [0.2, 0.25) is 0 Å². The van der Waals surface area contributed by atoms with Gasteiger partial charge < -0.3 is 20.9 Å². The fourth-order valence-electron chi connectivity index (χ4n) is 2.42. The molecule has 7 heteroatoms. The van der Waals surface area contributed by atoms with Crippen LogP contribution in [0.15, 0.2) is 46.8 Å². The summed E-state index contributed by atoms with van der Waals surface area (Å²) in [4.78, 5) is 0. The number of benzene rings is 1. The van der Waals surface area contributed by atoms with E-state index in [1.54, 1.807) is 0 Å². The number of hydrogen-bond acceptors (Lipinski definition) is 6. The van der Waals surface area contributed by atoms with Crippen LogP contribution in [0.4, 0.5) is 5.69 Å². The molecule has 0 fully saturated rings. The second-order valence-corrected chi connectivity index (χ2v) is 7.35. The van der Waals surface area contributed by atoms with Crippen LogP contribution < -0.4 is 15.8 Å². The van der Waals surface area contributed by atoms with E-state index in [0.717, 1.165) is 36.4 Å². The number of anilines is 1.